The molecule has 0 unspecified atom stereocenters. The molecule has 1 atom stereocenters. The van der Waals surface area contributed by atoms with E-state index in [1.54, 1.807) is 34.8 Å². The number of nitrogens with zero attached hydrogens (tertiary/aromatic N) is 3. The van der Waals surface area contributed by atoms with E-state index in [-0.39, 0.29) is 11.5 Å². The smallest absolute Gasteiger partial charge is 0.271 e. The van der Waals surface area contributed by atoms with Gasteiger partial charge in [0.15, 0.2) is 4.80 Å². The number of thiazole rings is 1. The monoisotopic (exact) mass is 611 g/mol. The number of rotatable bonds is 7. The molecule has 9 heteroatoms. The van der Waals surface area contributed by atoms with Crippen LogP contribution >= 0.6 is 22.9 Å². The summed E-state index contributed by atoms with van der Waals surface area (Å²) >= 11 is 7.31. The summed E-state index contributed by atoms with van der Waals surface area (Å²) in [6, 6.07) is 22.1. The largest absolute Gasteiger partial charge is 0.496 e. The van der Waals surface area contributed by atoms with E-state index in [0.29, 0.717) is 56.0 Å². The molecule has 0 aliphatic carbocycles. The molecule has 0 bridgehead atoms. The molecule has 1 amide bonds. The standard InChI is InChI=1S/C34H30ClN3O4S/c1-5-37(6-2)33(40)29-20(3)36-34-38(31(29)30-25-10-8-7-9-21(25)13-17-27(30)41-4)32(39)28(43-34)19-24-16-18-26(42-24)22-11-14-23(35)15-12-22/h7-19,31H,5-6H2,1-4H3/b28-19+/t31-/m0/s1. The Hall–Kier alpha value is -4.40. The molecule has 0 saturated heterocycles. The number of carbonyl (C=O) groups is 1. The summed E-state index contributed by atoms with van der Waals surface area (Å²) in [6.45, 7) is 6.79. The Kier molecular flexibility index (Phi) is 7.81. The highest BCUT2D eigenvalue weighted by molar-refractivity contribution is 7.07. The minimum atomic E-state index is -0.742. The number of furan rings is 1. The molecule has 0 N–H and O–H groups in total. The van der Waals surface area contributed by atoms with Crippen molar-refractivity contribution in [3.8, 4) is 17.1 Å². The minimum Gasteiger partial charge on any atom is -0.496 e. The SMILES string of the molecule is CCN(CC)C(=O)C1=C(C)N=c2s/c(=C/c3ccc(-c4ccc(Cl)cc4)o3)c(=O)n2[C@@H]1c1c(OC)ccc2ccccc12. The lowest BCUT2D eigenvalue weighted by Gasteiger charge is -2.30. The van der Waals surface area contributed by atoms with Crippen LogP contribution < -0.4 is 19.6 Å². The predicted molar refractivity (Wildman–Crippen MR) is 171 cm³/mol. The van der Waals surface area contributed by atoms with Crippen LogP contribution in [-0.4, -0.2) is 35.6 Å². The molecule has 3 heterocycles. The molecule has 7 nitrogen and oxygen atoms in total. The Morgan fingerprint density at radius 1 is 1.07 bits per heavy atom. The number of allylic oxidation sites excluding steroid dienone is 1. The Bertz CT molecular complexity index is 2070. The number of carbonyl (C=O) groups excluding carboxylic acids is 1. The van der Waals surface area contributed by atoms with Crippen molar-refractivity contribution in [2.75, 3.05) is 20.2 Å². The van der Waals surface area contributed by atoms with E-state index in [0.717, 1.165) is 21.9 Å². The van der Waals surface area contributed by atoms with Crippen LogP contribution in [0.15, 0.2) is 98.3 Å². The van der Waals surface area contributed by atoms with Gasteiger partial charge in [-0.25, -0.2) is 4.99 Å². The summed E-state index contributed by atoms with van der Waals surface area (Å²) in [6.07, 6.45) is 1.73. The first-order valence-corrected chi connectivity index (χ1v) is 15.3. The summed E-state index contributed by atoms with van der Waals surface area (Å²) in [5.41, 5.74) is 2.41. The van der Waals surface area contributed by atoms with Crippen LogP contribution in [0.4, 0.5) is 0 Å². The molecule has 1 aliphatic heterocycles. The number of benzene rings is 3. The van der Waals surface area contributed by atoms with Gasteiger partial charge in [-0.1, -0.05) is 53.3 Å². The number of hydrogen-bond acceptors (Lipinski definition) is 6. The third-order valence-electron chi connectivity index (χ3n) is 7.76. The van der Waals surface area contributed by atoms with E-state index in [4.69, 9.17) is 25.7 Å². The summed E-state index contributed by atoms with van der Waals surface area (Å²) < 4.78 is 14.0. The third kappa shape index (κ3) is 5.11. The molecular formula is C34H30ClN3O4S. The van der Waals surface area contributed by atoms with Crippen LogP contribution in [0, 0.1) is 0 Å². The Morgan fingerprint density at radius 3 is 2.53 bits per heavy atom. The van der Waals surface area contributed by atoms with Gasteiger partial charge < -0.3 is 14.1 Å². The van der Waals surface area contributed by atoms with Gasteiger partial charge in [-0.05, 0) is 74.0 Å². The fourth-order valence-corrected chi connectivity index (χ4v) is 6.77. The van der Waals surface area contributed by atoms with Crippen molar-refractivity contribution < 1.29 is 13.9 Å². The fraction of sp³-hybridized carbons (Fsp3) is 0.206. The normalized spacial score (nSPS) is 15.0. The Labute approximate surface area is 257 Å². The van der Waals surface area contributed by atoms with Crippen LogP contribution in [0.2, 0.25) is 5.02 Å². The van der Waals surface area contributed by atoms with Gasteiger partial charge >= 0.3 is 0 Å². The number of hydrogen-bond donors (Lipinski definition) is 0. The average Bonchev–Trinajstić information content (AvgIpc) is 3.60. The van der Waals surface area contributed by atoms with E-state index in [9.17, 15) is 9.59 Å². The van der Waals surface area contributed by atoms with Crippen LogP contribution in [0.3, 0.4) is 0 Å². The van der Waals surface area contributed by atoms with Gasteiger partial charge in [0.1, 0.15) is 23.3 Å². The summed E-state index contributed by atoms with van der Waals surface area (Å²) in [5.74, 6) is 1.64. The highest BCUT2D eigenvalue weighted by atomic mass is 35.5. The van der Waals surface area contributed by atoms with Gasteiger partial charge in [-0.15, -0.1) is 0 Å². The van der Waals surface area contributed by atoms with E-state index in [1.165, 1.54) is 11.3 Å². The van der Waals surface area contributed by atoms with Gasteiger partial charge in [0.05, 0.1) is 22.9 Å². The van der Waals surface area contributed by atoms with Crippen molar-refractivity contribution in [2.24, 2.45) is 4.99 Å². The maximum atomic E-state index is 14.3. The van der Waals surface area contributed by atoms with E-state index in [2.05, 4.69) is 0 Å². The number of likely N-dealkylation sites (N-methyl/N-ethyl adjacent to an activating group) is 1. The molecule has 218 valence electrons. The first kappa shape index (κ1) is 28.7. The molecule has 6 rings (SSSR count). The molecule has 0 radical (unpaired) electrons. The van der Waals surface area contributed by atoms with Crippen LogP contribution in [-0.2, 0) is 4.79 Å². The summed E-state index contributed by atoms with van der Waals surface area (Å²) in [5, 5.41) is 2.53. The number of halogens is 1. The predicted octanol–water partition coefficient (Wildman–Crippen LogP) is 6.18. The Balaban J connectivity index is 1.58. The maximum Gasteiger partial charge on any atom is 0.271 e. The zero-order chi connectivity index (χ0) is 30.2. The van der Waals surface area contributed by atoms with Crippen molar-refractivity contribution in [1.29, 1.82) is 0 Å². The van der Waals surface area contributed by atoms with Crippen LogP contribution in [0.1, 0.15) is 38.1 Å². The fourth-order valence-electron chi connectivity index (χ4n) is 5.61. The molecule has 1 aliphatic rings. The molecule has 43 heavy (non-hydrogen) atoms. The first-order chi connectivity index (χ1) is 20.8. The van der Waals surface area contributed by atoms with Crippen molar-refractivity contribution in [3.05, 3.63) is 120 Å². The second-order valence-corrected chi connectivity index (χ2v) is 11.6. The second-order valence-electron chi connectivity index (χ2n) is 10.2. The van der Waals surface area contributed by atoms with Crippen molar-refractivity contribution in [2.45, 2.75) is 26.8 Å². The molecular weight excluding hydrogens is 582 g/mol. The van der Waals surface area contributed by atoms with Crippen molar-refractivity contribution in [3.63, 3.8) is 0 Å². The van der Waals surface area contributed by atoms with Gasteiger partial charge in [0.25, 0.3) is 11.5 Å². The maximum absolute atomic E-state index is 14.3. The van der Waals surface area contributed by atoms with E-state index < -0.39 is 6.04 Å². The average molecular weight is 612 g/mol. The molecule has 5 aromatic rings. The lowest BCUT2D eigenvalue weighted by atomic mass is 9.90. The second kappa shape index (κ2) is 11.7. The number of fused-ring (bicyclic) bond motifs is 2. The highest BCUT2D eigenvalue weighted by Gasteiger charge is 2.36. The Morgan fingerprint density at radius 2 is 1.81 bits per heavy atom. The van der Waals surface area contributed by atoms with Gasteiger partial charge in [-0.3, -0.25) is 14.2 Å². The lowest BCUT2D eigenvalue weighted by Crippen LogP contribution is -2.43. The number of methoxy groups -OCH3 is 1. The van der Waals surface area contributed by atoms with Crippen LogP contribution in [0.25, 0.3) is 28.2 Å². The molecule has 3 aromatic carbocycles. The number of aromatic nitrogens is 1. The molecule has 0 fully saturated rings. The van der Waals surface area contributed by atoms with Gasteiger partial charge in [0, 0.05) is 35.3 Å². The van der Waals surface area contributed by atoms with Gasteiger partial charge in [-0.2, -0.15) is 0 Å². The van der Waals surface area contributed by atoms with Crippen molar-refractivity contribution in [1.82, 2.24) is 9.47 Å². The zero-order valence-corrected chi connectivity index (χ0v) is 25.8. The summed E-state index contributed by atoms with van der Waals surface area (Å²) in [4.78, 5) is 35.4. The molecule has 0 saturated carbocycles. The molecule has 2 aromatic heterocycles. The lowest BCUT2D eigenvalue weighted by molar-refractivity contribution is -0.127. The molecule has 0 spiro atoms. The first-order valence-electron chi connectivity index (χ1n) is 14.1. The summed E-state index contributed by atoms with van der Waals surface area (Å²) in [7, 11) is 1.61. The highest BCUT2D eigenvalue weighted by Crippen LogP contribution is 2.40. The van der Waals surface area contributed by atoms with E-state index in [1.807, 2.05) is 81.4 Å². The van der Waals surface area contributed by atoms with E-state index >= 15 is 0 Å². The number of ether oxygens (including phenoxy) is 1. The third-order valence-corrected chi connectivity index (χ3v) is 8.99. The topological polar surface area (TPSA) is 77.0 Å². The minimum absolute atomic E-state index is 0.154. The number of amides is 1. The zero-order valence-electron chi connectivity index (χ0n) is 24.3. The van der Waals surface area contributed by atoms with Crippen molar-refractivity contribution >= 4 is 45.7 Å². The quantitative estimate of drug-likeness (QED) is 0.220. The van der Waals surface area contributed by atoms with Gasteiger partial charge in [0.2, 0.25) is 0 Å². The van der Waals surface area contributed by atoms with Crippen LogP contribution in [0.5, 0.6) is 5.75 Å².